The van der Waals surface area contributed by atoms with Crippen molar-refractivity contribution in [2.24, 2.45) is 0 Å². The van der Waals surface area contributed by atoms with Crippen LogP contribution in [0.1, 0.15) is 26.7 Å². The molecule has 0 radical (unpaired) electrons. The van der Waals surface area contributed by atoms with Gasteiger partial charge in [-0.1, -0.05) is 13.8 Å². The zero-order valence-electron chi connectivity index (χ0n) is 12.2. The largest absolute Gasteiger partial charge is 0.480 e. The van der Waals surface area contributed by atoms with Crippen LogP contribution < -0.4 is 5.32 Å². The van der Waals surface area contributed by atoms with Crippen LogP contribution in [0.25, 0.3) is 0 Å². The predicted octanol–water partition coefficient (Wildman–Crippen LogP) is -0.0523. The molecule has 3 N–H and O–H groups in total. The number of carboxylic acids is 1. The number of aliphatic hydroxyl groups is 1. The van der Waals surface area contributed by atoms with Gasteiger partial charge >= 0.3 is 12.0 Å². The number of aliphatic carboxylic acids is 1. The van der Waals surface area contributed by atoms with E-state index in [1.165, 1.54) is 4.90 Å². The molecular formula is C13H25N3O4. The number of amides is 2. The van der Waals surface area contributed by atoms with Crippen LogP contribution in [0.5, 0.6) is 0 Å². The molecule has 1 fully saturated rings. The number of hydrogen-bond acceptors (Lipinski definition) is 4. The SMILES string of the molecule is CCN(CC)CCCNC(=O)N1C[C@H](O)C[C@H]1C(=O)O. The number of hydrogen-bond donors (Lipinski definition) is 3. The van der Waals surface area contributed by atoms with Gasteiger partial charge in [-0.05, 0) is 26.1 Å². The summed E-state index contributed by atoms with van der Waals surface area (Å²) in [6.07, 6.45) is 0.168. The molecule has 0 saturated carbocycles. The lowest BCUT2D eigenvalue weighted by Crippen LogP contribution is -2.46. The van der Waals surface area contributed by atoms with E-state index in [0.717, 1.165) is 26.1 Å². The Bertz CT molecular complexity index is 334. The van der Waals surface area contributed by atoms with Crippen LogP contribution >= 0.6 is 0 Å². The van der Waals surface area contributed by atoms with Gasteiger partial charge in [0, 0.05) is 19.5 Å². The fraction of sp³-hybridized carbons (Fsp3) is 0.846. The number of rotatable bonds is 7. The van der Waals surface area contributed by atoms with Crippen molar-refractivity contribution < 1.29 is 19.8 Å². The summed E-state index contributed by atoms with van der Waals surface area (Å²) in [4.78, 5) is 26.4. The average molecular weight is 287 g/mol. The van der Waals surface area contributed by atoms with Gasteiger partial charge in [0.15, 0.2) is 0 Å². The first-order valence-corrected chi connectivity index (χ1v) is 7.17. The number of urea groups is 1. The molecule has 0 bridgehead atoms. The third-order valence-electron chi connectivity index (χ3n) is 3.65. The van der Waals surface area contributed by atoms with Crippen molar-refractivity contribution in [1.29, 1.82) is 0 Å². The normalized spacial score (nSPS) is 22.3. The zero-order valence-corrected chi connectivity index (χ0v) is 12.2. The summed E-state index contributed by atoms with van der Waals surface area (Å²) in [5.74, 6) is -1.07. The molecule has 1 aliphatic rings. The third kappa shape index (κ3) is 4.64. The van der Waals surface area contributed by atoms with Crippen molar-refractivity contribution in [3.63, 3.8) is 0 Å². The monoisotopic (exact) mass is 287 g/mol. The van der Waals surface area contributed by atoms with E-state index < -0.39 is 24.1 Å². The molecule has 2 amide bonds. The lowest BCUT2D eigenvalue weighted by Gasteiger charge is -2.22. The van der Waals surface area contributed by atoms with Crippen LogP contribution in [-0.2, 0) is 4.79 Å². The van der Waals surface area contributed by atoms with Crippen LogP contribution in [0, 0.1) is 0 Å². The van der Waals surface area contributed by atoms with Gasteiger partial charge in [0.05, 0.1) is 6.10 Å². The van der Waals surface area contributed by atoms with Gasteiger partial charge < -0.3 is 25.3 Å². The highest BCUT2D eigenvalue weighted by molar-refractivity contribution is 5.83. The second kappa shape index (κ2) is 8.06. The first kappa shape index (κ1) is 16.7. The maximum absolute atomic E-state index is 11.9. The molecule has 116 valence electrons. The van der Waals surface area contributed by atoms with Crippen LogP contribution in [-0.4, -0.2) is 76.9 Å². The van der Waals surface area contributed by atoms with E-state index in [-0.39, 0.29) is 13.0 Å². The summed E-state index contributed by atoms with van der Waals surface area (Å²) >= 11 is 0. The fourth-order valence-electron chi connectivity index (χ4n) is 2.41. The molecule has 1 heterocycles. The Morgan fingerprint density at radius 2 is 2.00 bits per heavy atom. The molecule has 0 aromatic heterocycles. The number of nitrogens with zero attached hydrogens (tertiary/aromatic N) is 2. The molecular weight excluding hydrogens is 262 g/mol. The van der Waals surface area contributed by atoms with E-state index in [2.05, 4.69) is 24.1 Å². The minimum Gasteiger partial charge on any atom is -0.480 e. The second-order valence-electron chi connectivity index (χ2n) is 5.01. The summed E-state index contributed by atoms with van der Waals surface area (Å²) in [5, 5.41) is 21.2. The molecule has 7 heteroatoms. The number of nitrogens with one attached hydrogen (secondary N) is 1. The summed E-state index contributed by atoms with van der Waals surface area (Å²) in [5.41, 5.74) is 0. The van der Waals surface area contributed by atoms with Gasteiger partial charge in [-0.3, -0.25) is 0 Å². The Hall–Kier alpha value is -1.34. The number of aliphatic hydroxyl groups excluding tert-OH is 1. The maximum atomic E-state index is 11.9. The highest BCUT2D eigenvalue weighted by atomic mass is 16.4. The van der Waals surface area contributed by atoms with Crippen LogP contribution in [0.4, 0.5) is 4.79 Å². The van der Waals surface area contributed by atoms with Gasteiger partial charge in [-0.25, -0.2) is 9.59 Å². The average Bonchev–Trinajstić information content (AvgIpc) is 2.81. The smallest absolute Gasteiger partial charge is 0.326 e. The topological polar surface area (TPSA) is 93.1 Å². The van der Waals surface area contributed by atoms with E-state index in [9.17, 15) is 14.7 Å². The van der Waals surface area contributed by atoms with Crippen molar-refractivity contribution in [1.82, 2.24) is 15.1 Å². The Morgan fingerprint density at radius 1 is 1.35 bits per heavy atom. The van der Waals surface area contributed by atoms with Gasteiger partial charge in [0.2, 0.25) is 0 Å². The zero-order chi connectivity index (χ0) is 15.1. The highest BCUT2D eigenvalue weighted by Crippen LogP contribution is 2.17. The number of carbonyl (C=O) groups excluding carboxylic acids is 1. The number of carboxylic acid groups (broad SMARTS) is 1. The Labute approximate surface area is 119 Å². The Balaban J connectivity index is 2.33. The number of likely N-dealkylation sites (tertiary alicyclic amines) is 1. The standard InChI is InChI=1S/C13H25N3O4/c1-3-15(4-2)7-5-6-14-13(20)16-9-10(17)8-11(16)12(18)19/h10-11,17H,3-9H2,1-2H3,(H,14,20)(H,18,19)/t10-,11+/m1/s1. The van der Waals surface area contributed by atoms with Crippen molar-refractivity contribution in [2.75, 3.05) is 32.7 Å². The quantitative estimate of drug-likeness (QED) is 0.571. The van der Waals surface area contributed by atoms with Crippen molar-refractivity contribution in [3.05, 3.63) is 0 Å². The molecule has 2 atom stereocenters. The van der Waals surface area contributed by atoms with Gasteiger partial charge in [0.1, 0.15) is 6.04 Å². The second-order valence-corrected chi connectivity index (χ2v) is 5.01. The third-order valence-corrected chi connectivity index (χ3v) is 3.65. The maximum Gasteiger partial charge on any atom is 0.326 e. The van der Waals surface area contributed by atoms with Crippen molar-refractivity contribution in [3.8, 4) is 0 Å². The van der Waals surface area contributed by atoms with E-state index in [1.54, 1.807) is 0 Å². The van der Waals surface area contributed by atoms with E-state index in [1.807, 2.05) is 0 Å². The summed E-state index contributed by atoms with van der Waals surface area (Å²) in [6.45, 7) is 7.62. The van der Waals surface area contributed by atoms with Crippen LogP contribution in [0.15, 0.2) is 0 Å². The summed E-state index contributed by atoms with van der Waals surface area (Å²) < 4.78 is 0. The number of β-amino-alcohol motifs (C(OH)–C–C–N with tert-alkyl or cyclic N) is 1. The lowest BCUT2D eigenvalue weighted by atomic mass is 10.2. The molecule has 1 saturated heterocycles. The first-order valence-electron chi connectivity index (χ1n) is 7.17. The van der Waals surface area contributed by atoms with E-state index in [4.69, 9.17) is 5.11 Å². The summed E-state index contributed by atoms with van der Waals surface area (Å²) in [7, 11) is 0. The van der Waals surface area contributed by atoms with Crippen LogP contribution in [0.3, 0.4) is 0 Å². The minimum atomic E-state index is -1.07. The predicted molar refractivity (Wildman–Crippen MR) is 74.6 cm³/mol. The molecule has 0 aromatic carbocycles. The first-order chi connectivity index (χ1) is 9.49. The molecule has 7 nitrogen and oxygen atoms in total. The van der Waals surface area contributed by atoms with Gasteiger partial charge in [-0.2, -0.15) is 0 Å². The minimum absolute atomic E-state index is 0.0822. The molecule has 1 rings (SSSR count). The molecule has 1 aliphatic heterocycles. The Kier molecular flexibility index (Phi) is 6.74. The molecule has 0 aliphatic carbocycles. The van der Waals surface area contributed by atoms with E-state index in [0.29, 0.717) is 6.54 Å². The van der Waals surface area contributed by atoms with E-state index >= 15 is 0 Å². The highest BCUT2D eigenvalue weighted by Gasteiger charge is 2.38. The van der Waals surface area contributed by atoms with Gasteiger partial charge in [-0.15, -0.1) is 0 Å². The summed E-state index contributed by atoms with van der Waals surface area (Å²) in [6, 6.07) is -1.33. The molecule has 0 aromatic rings. The Morgan fingerprint density at radius 3 is 2.55 bits per heavy atom. The molecule has 20 heavy (non-hydrogen) atoms. The van der Waals surface area contributed by atoms with Crippen molar-refractivity contribution >= 4 is 12.0 Å². The lowest BCUT2D eigenvalue weighted by molar-refractivity contribution is -0.141. The fourth-order valence-corrected chi connectivity index (χ4v) is 2.41. The van der Waals surface area contributed by atoms with Gasteiger partial charge in [0.25, 0.3) is 0 Å². The number of carbonyl (C=O) groups is 2. The van der Waals surface area contributed by atoms with Crippen molar-refractivity contribution in [2.45, 2.75) is 38.8 Å². The molecule has 0 unspecified atom stereocenters. The molecule has 0 spiro atoms. The van der Waals surface area contributed by atoms with Crippen LogP contribution in [0.2, 0.25) is 0 Å².